The summed E-state index contributed by atoms with van der Waals surface area (Å²) < 4.78 is 7.28. The molecule has 1 atom stereocenters. The summed E-state index contributed by atoms with van der Waals surface area (Å²) in [6.45, 7) is 5.94. The van der Waals surface area contributed by atoms with E-state index in [4.69, 9.17) is 4.52 Å². The van der Waals surface area contributed by atoms with Gasteiger partial charge < -0.3 is 14.4 Å². The lowest BCUT2D eigenvalue weighted by molar-refractivity contribution is 0.0923. The maximum absolute atomic E-state index is 12.3. The van der Waals surface area contributed by atoms with Crippen molar-refractivity contribution in [3.05, 3.63) is 41.0 Å². The number of likely N-dealkylation sites (N-methyl/N-ethyl adjacent to an activating group) is 1. The normalized spacial score (nSPS) is 18.5. The molecule has 0 saturated heterocycles. The summed E-state index contributed by atoms with van der Waals surface area (Å²) in [5, 5.41) is 6.82. The van der Waals surface area contributed by atoms with E-state index in [0.29, 0.717) is 23.6 Å². The second-order valence-corrected chi connectivity index (χ2v) is 5.63. The summed E-state index contributed by atoms with van der Waals surface area (Å²) in [4.78, 5) is 14.5. The molecule has 112 valence electrons. The van der Waals surface area contributed by atoms with Crippen LogP contribution in [0.3, 0.4) is 0 Å². The fourth-order valence-electron chi connectivity index (χ4n) is 2.85. The zero-order valence-corrected chi connectivity index (χ0v) is 12.6. The molecule has 0 spiro atoms. The van der Waals surface area contributed by atoms with E-state index in [0.717, 1.165) is 13.1 Å². The van der Waals surface area contributed by atoms with E-state index in [9.17, 15) is 4.79 Å². The Balaban J connectivity index is 1.64. The van der Waals surface area contributed by atoms with E-state index < -0.39 is 0 Å². The second kappa shape index (κ2) is 5.37. The molecule has 1 N–H and O–H groups in total. The van der Waals surface area contributed by atoms with Crippen LogP contribution in [0.15, 0.2) is 22.9 Å². The number of amides is 1. The molecular formula is C15H20N4O2. The van der Waals surface area contributed by atoms with Gasteiger partial charge in [0.1, 0.15) is 11.3 Å². The third kappa shape index (κ3) is 2.58. The molecule has 1 aliphatic heterocycles. The Morgan fingerprint density at radius 3 is 3.05 bits per heavy atom. The fraction of sp³-hybridized carbons (Fsp3) is 0.467. The van der Waals surface area contributed by atoms with Crippen molar-refractivity contribution in [2.75, 3.05) is 13.6 Å². The first-order chi connectivity index (χ1) is 10.1. The first kappa shape index (κ1) is 13.9. The number of nitrogens with one attached hydrogen (secondary N) is 1. The van der Waals surface area contributed by atoms with E-state index in [2.05, 4.69) is 45.3 Å². The van der Waals surface area contributed by atoms with Crippen molar-refractivity contribution >= 4 is 5.91 Å². The molecule has 0 radical (unpaired) electrons. The number of hydrogen-bond donors (Lipinski definition) is 1. The molecule has 0 bridgehead atoms. The maximum atomic E-state index is 12.3. The number of aryl methyl sites for hydroxylation is 2. The lowest BCUT2D eigenvalue weighted by Gasteiger charge is -2.34. The smallest absolute Gasteiger partial charge is 0.256 e. The molecule has 6 heteroatoms. The predicted molar refractivity (Wildman–Crippen MR) is 78.0 cm³/mol. The van der Waals surface area contributed by atoms with E-state index in [1.54, 1.807) is 13.8 Å². The molecule has 21 heavy (non-hydrogen) atoms. The third-order valence-corrected chi connectivity index (χ3v) is 4.12. The maximum Gasteiger partial charge on any atom is 0.256 e. The standard InChI is InChI=1S/C15H20N4O2/c1-10-14(11(2)21-17-10)15(20)16-7-13-9-19-6-4-5-12(19)8-18(13)3/h4-6,13H,7-9H2,1-3H3,(H,16,20). The Kier molecular flexibility index (Phi) is 3.55. The van der Waals surface area contributed by atoms with Gasteiger partial charge in [-0.1, -0.05) is 5.16 Å². The van der Waals surface area contributed by atoms with Crippen molar-refractivity contribution < 1.29 is 9.32 Å². The summed E-state index contributed by atoms with van der Waals surface area (Å²) in [7, 11) is 2.09. The van der Waals surface area contributed by atoms with Crippen molar-refractivity contribution in [3.63, 3.8) is 0 Å². The topological polar surface area (TPSA) is 63.3 Å². The van der Waals surface area contributed by atoms with Crippen LogP contribution in [0.2, 0.25) is 0 Å². The SMILES string of the molecule is Cc1noc(C)c1C(=O)NCC1Cn2cccc2CN1C. The van der Waals surface area contributed by atoms with Crippen LogP contribution in [0.1, 0.15) is 27.5 Å². The van der Waals surface area contributed by atoms with Gasteiger partial charge >= 0.3 is 0 Å². The summed E-state index contributed by atoms with van der Waals surface area (Å²) in [6, 6.07) is 4.48. The second-order valence-electron chi connectivity index (χ2n) is 5.63. The lowest BCUT2D eigenvalue weighted by Crippen LogP contribution is -2.47. The van der Waals surface area contributed by atoms with E-state index in [1.807, 2.05) is 0 Å². The predicted octanol–water partition coefficient (Wildman–Crippen LogP) is 1.34. The number of aromatic nitrogens is 2. The molecule has 0 fully saturated rings. The number of fused-ring (bicyclic) bond motifs is 1. The van der Waals surface area contributed by atoms with Crippen molar-refractivity contribution in [3.8, 4) is 0 Å². The van der Waals surface area contributed by atoms with Crippen molar-refractivity contribution in [1.82, 2.24) is 19.9 Å². The van der Waals surface area contributed by atoms with Gasteiger partial charge in [0.25, 0.3) is 5.91 Å². The van der Waals surface area contributed by atoms with E-state index >= 15 is 0 Å². The number of nitrogens with zero attached hydrogens (tertiary/aromatic N) is 3. The van der Waals surface area contributed by atoms with Gasteiger partial charge in [0, 0.05) is 37.6 Å². The van der Waals surface area contributed by atoms with Gasteiger partial charge in [-0.15, -0.1) is 0 Å². The molecule has 2 aromatic heterocycles. The molecule has 6 nitrogen and oxygen atoms in total. The Hall–Kier alpha value is -2.08. The highest BCUT2D eigenvalue weighted by Gasteiger charge is 2.24. The minimum atomic E-state index is -0.113. The third-order valence-electron chi connectivity index (χ3n) is 4.12. The summed E-state index contributed by atoms with van der Waals surface area (Å²) in [6.07, 6.45) is 2.09. The van der Waals surface area contributed by atoms with Gasteiger partial charge in [-0.2, -0.15) is 0 Å². The lowest BCUT2D eigenvalue weighted by atomic mass is 10.1. The summed E-state index contributed by atoms with van der Waals surface area (Å²) in [5.41, 5.74) is 2.50. The minimum Gasteiger partial charge on any atom is -0.361 e. The van der Waals surface area contributed by atoms with Gasteiger partial charge in [0.15, 0.2) is 0 Å². The van der Waals surface area contributed by atoms with Crippen molar-refractivity contribution in [1.29, 1.82) is 0 Å². The summed E-state index contributed by atoms with van der Waals surface area (Å²) >= 11 is 0. The van der Waals surface area contributed by atoms with Crippen LogP contribution in [0.5, 0.6) is 0 Å². The van der Waals surface area contributed by atoms with Gasteiger partial charge in [0.2, 0.25) is 0 Å². The zero-order chi connectivity index (χ0) is 15.0. The molecule has 1 unspecified atom stereocenters. The minimum absolute atomic E-state index is 0.113. The van der Waals surface area contributed by atoms with Crippen LogP contribution in [0.25, 0.3) is 0 Å². The first-order valence-electron chi connectivity index (χ1n) is 7.11. The Bertz CT molecular complexity index is 639. The fourth-order valence-corrected chi connectivity index (χ4v) is 2.85. The molecule has 3 heterocycles. The quantitative estimate of drug-likeness (QED) is 0.925. The van der Waals surface area contributed by atoms with Crippen molar-refractivity contribution in [2.24, 2.45) is 0 Å². The van der Waals surface area contributed by atoms with Crippen LogP contribution in [0.4, 0.5) is 0 Å². The van der Waals surface area contributed by atoms with Crippen LogP contribution in [-0.2, 0) is 13.1 Å². The van der Waals surface area contributed by atoms with Crippen LogP contribution >= 0.6 is 0 Å². The Morgan fingerprint density at radius 2 is 2.33 bits per heavy atom. The average Bonchev–Trinajstić information content (AvgIpc) is 3.02. The number of carbonyl (C=O) groups excluding carboxylic acids is 1. The first-order valence-corrected chi connectivity index (χ1v) is 7.11. The highest BCUT2D eigenvalue weighted by atomic mass is 16.5. The molecule has 1 aliphatic rings. The Labute approximate surface area is 123 Å². The molecule has 1 amide bonds. The van der Waals surface area contributed by atoms with Gasteiger partial charge in [0.05, 0.1) is 5.69 Å². The molecule has 2 aromatic rings. The molecule has 0 saturated carbocycles. The van der Waals surface area contributed by atoms with Gasteiger partial charge in [-0.05, 0) is 33.0 Å². The van der Waals surface area contributed by atoms with Crippen LogP contribution in [0, 0.1) is 13.8 Å². The Morgan fingerprint density at radius 1 is 1.52 bits per heavy atom. The highest BCUT2D eigenvalue weighted by Crippen LogP contribution is 2.16. The van der Waals surface area contributed by atoms with Crippen LogP contribution < -0.4 is 5.32 Å². The van der Waals surface area contributed by atoms with E-state index in [-0.39, 0.29) is 11.9 Å². The van der Waals surface area contributed by atoms with Crippen molar-refractivity contribution in [2.45, 2.75) is 33.0 Å². The monoisotopic (exact) mass is 288 g/mol. The van der Waals surface area contributed by atoms with Gasteiger partial charge in [-0.3, -0.25) is 9.69 Å². The largest absolute Gasteiger partial charge is 0.361 e. The van der Waals surface area contributed by atoms with Crippen LogP contribution in [-0.4, -0.2) is 40.2 Å². The average molecular weight is 288 g/mol. The molecule has 0 aromatic carbocycles. The van der Waals surface area contributed by atoms with E-state index in [1.165, 1.54) is 5.69 Å². The number of hydrogen-bond acceptors (Lipinski definition) is 4. The highest BCUT2D eigenvalue weighted by molar-refractivity contribution is 5.96. The number of carbonyl (C=O) groups is 1. The summed E-state index contributed by atoms with van der Waals surface area (Å²) in [5.74, 6) is 0.452. The molecule has 3 rings (SSSR count). The molecule has 0 aliphatic carbocycles. The van der Waals surface area contributed by atoms with Gasteiger partial charge in [-0.25, -0.2) is 0 Å². The zero-order valence-electron chi connectivity index (χ0n) is 12.6. The number of rotatable bonds is 3. The molecular weight excluding hydrogens is 268 g/mol.